The van der Waals surface area contributed by atoms with Crippen molar-refractivity contribution >= 4 is 82.7 Å². The Morgan fingerprint density at radius 1 is 0.596 bits per heavy atom. The predicted octanol–water partition coefficient (Wildman–Crippen LogP) is 8.76. The van der Waals surface area contributed by atoms with Crippen molar-refractivity contribution in [1.82, 2.24) is 25.3 Å². The molecule has 0 atom stereocenters. The maximum Gasteiger partial charge on any atom is 0.317 e. The molecule has 0 saturated carbocycles. The zero-order valence-electron chi connectivity index (χ0n) is 57.7. The van der Waals surface area contributed by atoms with Crippen LogP contribution in [0.4, 0.5) is 11.4 Å². The molecule has 26 heteroatoms. The van der Waals surface area contributed by atoms with Gasteiger partial charge in [0, 0.05) is 146 Å². The van der Waals surface area contributed by atoms with E-state index in [1.54, 1.807) is 14.7 Å². The molecule has 3 heterocycles. The molecule has 99 heavy (non-hydrogen) atoms. The number of amides is 1. The number of carboxylic acids is 3. The summed E-state index contributed by atoms with van der Waals surface area (Å²) in [5, 5.41) is 40.0. The van der Waals surface area contributed by atoms with Gasteiger partial charge in [0.1, 0.15) is 6.54 Å². The number of ether oxygens (including phenoxy) is 3. The van der Waals surface area contributed by atoms with Crippen LogP contribution in [-0.2, 0) is 64.5 Å². The number of nitrogens with zero attached hydrogens (tertiary/aromatic N) is 5. The molecule has 3 aliphatic heterocycles. The van der Waals surface area contributed by atoms with E-state index in [0.29, 0.717) is 156 Å². The van der Waals surface area contributed by atoms with Gasteiger partial charge in [-0.2, -0.15) is 34.3 Å². The fourth-order valence-electron chi connectivity index (χ4n) is 14.0. The molecular weight excluding hydrogens is 1450 g/mol. The molecule has 8 rings (SSSR count). The van der Waals surface area contributed by atoms with Gasteiger partial charge >= 0.3 is 17.9 Å². The fourth-order valence-corrected chi connectivity index (χ4v) is 15.1. The second kappa shape index (κ2) is 38.6. The quantitative estimate of drug-likeness (QED) is 0.00968. The Morgan fingerprint density at radius 3 is 1.70 bits per heavy atom. The average Bonchev–Trinajstić information content (AvgIpc) is 1.59. The van der Waals surface area contributed by atoms with E-state index in [9.17, 15) is 60.4 Å². The number of nitrogens with one attached hydrogen (secondary N) is 2. The summed E-state index contributed by atoms with van der Waals surface area (Å²) in [6.07, 6.45) is 15.5. The van der Waals surface area contributed by atoms with E-state index in [0.717, 1.165) is 86.4 Å². The standard InChI is InChI=1S/C73H100N7O16S2.Gd/c1-72(2)63(79(34-9-11-48-97(88,89)90)61-26-22-55-16-5-7-20-59(55)69(61)72)28-24-57-18-13-19-58(25-29-64-73(3,4)70-60-21-8-6-17-56(60)23-27-62(70)80(64)35-10-12-49-98(91,92)93)71(57)75-33-15-43-95-45-47-96-46-44-94-42-14-32-74-65(81)50-54-30-36-76(51-66(82)83)38-40-78(53-68(86)87)41-39-77(37-31-54)52-67(84)85;/h5-8,16-17,20-29H,9-15,18-19,30-53H2,1-4H3,(H6,74,81,82,83,84,85,86,87,88,89,90,91,92,93);/q-1;/p+1/b57-24+,63-28+;. The summed E-state index contributed by atoms with van der Waals surface area (Å²) in [6, 6.07) is 25.4. The number of carboxylic acid groups (broad SMARTS) is 3. The first-order valence-electron chi connectivity index (χ1n) is 34.4. The first kappa shape index (κ1) is 80.7. The number of unbranched alkanes of at least 4 members (excludes halogenated alkanes) is 2. The summed E-state index contributed by atoms with van der Waals surface area (Å²) in [4.78, 5) is 55.5. The van der Waals surface area contributed by atoms with Crippen LogP contribution in [-0.4, -0.2) is 226 Å². The molecule has 7 N–H and O–H groups in total. The molecule has 544 valence electrons. The summed E-state index contributed by atoms with van der Waals surface area (Å²) in [7, 11) is -8.23. The van der Waals surface area contributed by atoms with Crippen LogP contribution >= 0.6 is 0 Å². The van der Waals surface area contributed by atoms with Crippen LogP contribution in [0.15, 0.2) is 120 Å². The number of hydrogen-bond donors (Lipinski definition) is 7. The van der Waals surface area contributed by atoms with Crippen molar-refractivity contribution in [2.24, 2.45) is 0 Å². The van der Waals surface area contributed by atoms with Crippen molar-refractivity contribution in [3.05, 3.63) is 137 Å². The van der Waals surface area contributed by atoms with E-state index in [4.69, 9.17) is 14.2 Å². The van der Waals surface area contributed by atoms with Gasteiger partial charge in [-0.15, -0.1) is 0 Å². The van der Waals surface area contributed by atoms with Crippen molar-refractivity contribution in [3.63, 3.8) is 0 Å². The minimum Gasteiger partial charge on any atom is -0.480 e. The van der Waals surface area contributed by atoms with Gasteiger partial charge in [0.2, 0.25) is 5.69 Å². The van der Waals surface area contributed by atoms with E-state index in [1.165, 1.54) is 11.1 Å². The summed E-state index contributed by atoms with van der Waals surface area (Å²) in [5.41, 5.74) is 9.23. The molecule has 0 bridgehead atoms. The number of aliphatic carboxylic acids is 3. The number of carbonyl (C=O) groups is 4. The minimum absolute atomic E-state index is 0. The molecule has 4 aliphatic rings. The van der Waals surface area contributed by atoms with Crippen LogP contribution in [0.5, 0.6) is 0 Å². The first-order chi connectivity index (χ1) is 46.8. The predicted molar refractivity (Wildman–Crippen MR) is 381 cm³/mol. The average molecular weight is 1550 g/mol. The molecule has 0 spiro atoms. The number of hydrogen-bond acceptors (Lipinski definition) is 16. The number of carbonyl (C=O) groups excluding carboxylic acids is 1. The van der Waals surface area contributed by atoms with E-state index in [1.807, 2.05) is 12.1 Å². The molecule has 0 aromatic heterocycles. The zero-order chi connectivity index (χ0) is 70.5. The van der Waals surface area contributed by atoms with Gasteiger partial charge in [-0.25, -0.2) is 0 Å². The van der Waals surface area contributed by atoms with Crippen molar-refractivity contribution in [1.29, 1.82) is 0 Å². The SMILES string of the molecule is CC1(C)C(/C=C/C2=C(NCCCOCCOCCOCCCNC(=O)C[C-]3CCN(CC(=O)O)CCN(CC(=O)O)CCN(CC(=O)O)CC3)C(=C/C=C3/N(CCCCS(=O)(=O)O)c4ccc5ccccc5c4C3(C)C)/CCC2)=[N+](CCCCS(=O)(=O)O)c2ccc3ccccc3c21.[Gd]. The van der Waals surface area contributed by atoms with Crippen LogP contribution in [0.1, 0.15) is 116 Å². The van der Waals surface area contributed by atoms with E-state index in [-0.39, 0.29) is 83.4 Å². The van der Waals surface area contributed by atoms with Crippen LogP contribution in [0.2, 0.25) is 0 Å². The molecular formula is C73H101GdN7O16S2. The molecule has 1 amide bonds. The van der Waals surface area contributed by atoms with Crippen LogP contribution in [0, 0.1) is 45.9 Å². The Balaban J connectivity index is 0.0000138. The van der Waals surface area contributed by atoms with Crippen LogP contribution < -0.4 is 15.5 Å². The number of allylic oxidation sites excluding steroid dienone is 7. The van der Waals surface area contributed by atoms with Gasteiger partial charge in [-0.3, -0.25) is 43.0 Å². The van der Waals surface area contributed by atoms with Gasteiger partial charge in [0.05, 0.1) is 63.0 Å². The number of fused-ring (bicyclic) bond motifs is 6. The van der Waals surface area contributed by atoms with Gasteiger partial charge in [0.25, 0.3) is 20.2 Å². The summed E-state index contributed by atoms with van der Waals surface area (Å²) in [5.74, 6) is -2.99. The molecule has 0 unspecified atom stereocenters. The Bertz CT molecular complexity index is 3800. The molecule has 1 aliphatic carbocycles. The Labute approximate surface area is 615 Å². The van der Waals surface area contributed by atoms with Crippen molar-refractivity contribution in [2.75, 3.05) is 141 Å². The number of rotatable bonds is 36. The summed E-state index contributed by atoms with van der Waals surface area (Å²) >= 11 is 0. The Morgan fingerprint density at radius 2 is 1.12 bits per heavy atom. The van der Waals surface area contributed by atoms with Gasteiger partial charge in [-0.05, 0) is 135 Å². The monoisotopic (exact) mass is 1550 g/mol. The fraction of sp³-hybridized carbons (Fsp3) is 0.534. The third-order valence-corrected chi connectivity index (χ3v) is 20.4. The second-order valence-corrected chi connectivity index (χ2v) is 30.0. The molecule has 0 radical (unpaired) electrons. The third-order valence-electron chi connectivity index (χ3n) is 18.8. The summed E-state index contributed by atoms with van der Waals surface area (Å²) < 4.78 is 86.4. The molecule has 23 nitrogen and oxygen atoms in total. The van der Waals surface area contributed by atoms with Gasteiger partial charge < -0.3 is 51.0 Å². The Kier molecular flexibility index (Phi) is 31.5. The van der Waals surface area contributed by atoms with Crippen molar-refractivity contribution in [2.45, 2.75) is 116 Å². The van der Waals surface area contributed by atoms with E-state index < -0.39 is 49.0 Å². The number of anilines is 1. The van der Waals surface area contributed by atoms with Crippen molar-refractivity contribution in [3.8, 4) is 0 Å². The summed E-state index contributed by atoms with van der Waals surface area (Å²) in [6.45, 7) is 14.6. The molecule has 1 saturated heterocycles. The van der Waals surface area contributed by atoms with E-state index in [2.05, 4.69) is 133 Å². The van der Waals surface area contributed by atoms with Crippen LogP contribution in [0.3, 0.4) is 0 Å². The smallest absolute Gasteiger partial charge is 0.317 e. The van der Waals surface area contributed by atoms with Crippen LogP contribution in [0.25, 0.3) is 21.5 Å². The third kappa shape index (κ3) is 24.3. The largest absolute Gasteiger partial charge is 0.480 e. The normalized spacial score (nSPS) is 18.4. The Hall–Kier alpha value is -5.59. The molecule has 1 fully saturated rings. The zero-order valence-corrected chi connectivity index (χ0v) is 61.6. The number of benzene rings is 4. The van der Waals surface area contributed by atoms with Crippen molar-refractivity contribution < 1.29 is 119 Å². The van der Waals surface area contributed by atoms with E-state index >= 15 is 0 Å². The molecule has 4 aromatic rings. The maximum absolute atomic E-state index is 13.1. The van der Waals surface area contributed by atoms with Gasteiger partial charge in [0.15, 0.2) is 11.6 Å². The topological polar surface area (TPSA) is 305 Å². The molecule has 4 aromatic carbocycles. The first-order valence-corrected chi connectivity index (χ1v) is 37.6. The second-order valence-electron chi connectivity index (χ2n) is 26.9. The maximum atomic E-state index is 13.1. The minimum atomic E-state index is -4.12. The van der Waals surface area contributed by atoms with Gasteiger partial charge in [-0.1, -0.05) is 87.0 Å².